The van der Waals surface area contributed by atoms with Gasteiger partial charge in [0.25, 0.3) is 0 Å². The van der Waals surface area contributed by atoms with Crippen molar-refractivity contribution in [3.63, 3.8) is 0 Å². The lowest BCUT2D eigenvalue weighted by Crippen LogP contribution is -2.31. The van der Waals surface area contributed by atoms with E-state index >= 15 is 0 Å². The summed E-state index contributed by atoms with van der Waals surface area (Å²) in [7, 11) is 0. The van der Waals surface area contributed by atoms with Crippen molar-refractivity contribution in [3.8, 4) is 0 Å². The lowest BCUT2D eigenvalue weighted by atomic mass is 10.1. The van der Waals surface area contributed by atoms with Gasteiger partial charge in [0.15, 0.2) is 0 Å². The van der Waals surface area contributed by atoms with E-state index in [1.165, 1.54) is 0 Å². The number of carbonyl (C=O) groups is 1. The number of benzene rings is 2. The summed E-state index contributed by atoms with van der Waals surface area (Å²) in [6, 6.07) is 10.6. The fourth-order valence-corrected chi connectivity index (χ4v) is 2.91. The van der Waals surface area contributed by atoms with Crippen molar-refractivity contribution in [2.45, 2.75) is 26.8 Å². The molecule has 22 heavy (non-hydrogen) atoms. The van der Waals surface area contributed by atoms with Crippen LogP contribution < -0.4 is 10.6 Å². The van der Waals surface area contributed by atoms with E-state index in [0.717, 1.165) is 22.4 Å². The standard InChI is InChI=1S/C17H18Cl2N2O/c1-10-6-11(2)8-14(7-10)21-17(22)20-12(3)15-5-4-13(18)9-16(15)19/h4-9,12H,1-3H3,(H2,20,21,22)/t12-/m0/s1. The van der Waals surface area contributed by atoms with E-state index in [4.69, 9.17) is 23.2 Å². The third-order valence-electron chi connectivity index (χ3n) is 3.26. The van der Waals surface area contributed by atoms with Crippen LogP contribution in [-0.2, 0) is 0 Å². The van der Waals surface area contributed by atoms with Gasteiger partial charge < -0.3 is 10.6 Å². The maximum Gasteiger partial charge on any atom is 0.319 e. The minimum atomic E-state index is -0.275. The summed E-state index contributed by atoms with van der Waals surface area (Å²) in [5.74, 6) is 0. The number of hydrogen-bond donors (Lipinski definition) is 2. The Kier molecular flexibility index (Phi) is 5.33. The molecule has 0 bridgehead atoms. The topological polar surface area (TPSA) is 41.1 Å². The van der Waals surface area contributed by atoms with Crippen LogP contribution in [0.5, 0.6) is 0 Å². The Morgan fingerprint density at radius 3 is 2.27 bits per heavy atom. The minimum Gasteiger partial charge on any atom is -0.331 e. The molecule has 0 radical (unpaired) electrons. The molecule has 2 rings (SSSR count). The summed E-state index contributed by atoms with van der Waals surface area (Å²) < 4.78 is 0. The second-order valence-electron chi connectivity index (χ2n) is 5.36. The lowest BCUT2D eigenvalue weighted by molar-refractivity contribution is 0.249. The first-order valence-electron chi connectivity index (χ1n) is 6.96. The molecule has 2 amide bonds. The largest absolute Gasteiger partial charge is 0.331 e. The molecule has 2 N–H and O–H groups in total. The Morgan fingerprint density at radius 2 is 1.68 bits per heavy atom. The van der Waals surface area contributed by atoms with Crippen LogP contribution in [0.4, 0.5) is 10.5 Å². The van der Waals surface area contributed by atoms with Crippen molar-refractivity contribution < 1.29 is 4.79 Å². The Balaban J connectivity index is 2.05. The monoisotopic (exact) mass is 336 g/mol. The van der Waals surface area contributed by atoms with Gasteiger partial charge in [0.2, 0.25) is 0 Å². The normalized spacial score (nSPS) is 11.9. The fourth-order valence-electron chi connectivity index (χ4n) is 2.34. The molecule has 0 aliphatic rings. The summed E-state index contributed by atoms with van der Waals surface area (Å²) in [6.07, 6.45) is 0. The number of hydrogen-bond acceptors (Lipinski definition) is 1. The number of nitrogens with one attached hydrogen (secondary N) is 2. The summed E-state index contributed by atoms with van der Waals surface area (Å²) in [4.78, 5) is 12.1. The van der Waals surface area contributed by atoms with Crippen molar-refractivity contribution in [2.24, 2.45) is 0 Å². The average molecular weight is 337 g/mol. The number of halogens is 2. The summed E-state index contributed by atoms with van der Waals surface area (Å²) >= 11 is 12.0. The Bertz CT molecular complexity index is 681. The van der Waals surface area contributed by atoms with Gasteiger partial charge in [0.05, 0.1) is 6.04 Å². The number of carbonyl (C=O) groups excluding carboxylic acids is 1. The summed E-state index contributed by atoms with van der Waals surface area (Å²) in [6.45, 7) is 5.86. The lowest BCUT2D eigenvalue weighted by Gasteiger charge is -2.17. The first-order valence-corrected chi connectivity index (χ1v) is 7.71. The number of anilines is 1. The third-order valence-corrected chi connectivity index (χ3v) is 3.82. The van der Waals surface area contributed by atoms with Crippen molar-refractivity contribution >= 4 is 34.9 Å². The molecule has 3 nitrogen and oxygen atoms in total. The highest BCUT2D eigenvalue weighted by molar-refractivity contribution is 6.35. The van der Waals surface area contributed by atoms with Crippen LogP contribution in [-0.4, -0.2) is 6.03 Å². The molecule has 0 aliphatic carbocycles. The summed E-state index contributed by atoms with van der Waals surface area (Å²) in [5, 5.41) is 6.81. The van der Waals surface area contributed by atoms with Gasteiger partial charge in [-0.15, -0.1) is 0 Å². The van der Waals surface area contributed by atoms with Crippen LogP contribution in [0.3, 0.4) is 0 Å². The molecular weight excluding hydrogens is 319 g/mol. The van der Waals surface area contributed by atoms with E-state index < -0.39 is 0 Å². The second kappa shape index (κ2) is 7.03. The van der Waals surface area contributed by atoms with Crippen molar-refractivity contribution in [1.82, 2.24) is 5.32 Å². The van der Waals surface area contributed by atoms with Gasteiger partial charge in [0.1, 0.15) is 0 Å². The van der Waals surface area contributed by atoms with Gasteiger partial charge in [-0.2, -0.15) is 0 Å². The van der Waals surface area contributed by atoms with Gasteiger partial charge in [-0.1, -0.05) is 35.3 Å². The molecule has 0 aromatic heterocycles. The fraction of sp³-hybridized carbons (Fsp3) is 0.235. The maximum atomic E-state index is 12.1. The minimum absolute atomic E-state index is 0.226. The smallest absolute Gasteiger partial charge is 0.319 e. The highest BCUT2D eigenvalue weighted by Crippen LogP contribution is 2.26. The van der Waals surface area contributed by atoms with Crippen LogP contribution in [0.1, 0.15) is 29.7 Å². The number of aryl methyl sites for hydroxylation is 2. The number of rotatable bonds is 3. The van der Waals surface area contributed by atoms with Gasteiger partial charge in [-0.3, -0.25) is 0 Å². The van der Waals surface area contributed by atoms with Crippen LogP contribution >= 0.6 is 23.2 Å². The zero-order valence-electron chi connectivity index (χ0n) is 12.7. The predicted molar refractivity (Wildman–Crippen MR) is 92.9 cm³/mol. The Morgan fingerprint density at radius 1 is 1.05 bits per heavy atom. The van der Waals surface area contributed by atoms with E-state index in [9.17, 15) is 4.79 Å². The van der Waals surface area contributed by atoms with Crippen LogP contribution in [0, 0.1) is 13.8 Å². The average Bonchev–Trinajstić information content (AvgIpc) is 2.36. The van der Waals surface area contributed by atoms with Crippen molar-refractivity contribution in [3.05, 3.63) is 63.1 Å². The first-order chi connectivity index (χ1) is 10.3. The van der Waals surface area contributed by atoms with Crippen LogP contribution in [0.25, 0.3) is 0 Å². The van der Waals surface area contributed by atoms with Crippen molar-refractivity contribution in [1.29, 1.82) is 0 Å². The SMILES string of the molecule is Cc1cc(C)cc(NC(=O)N[C@@H](C)c2ccc(Cl)cc2Cl)c1. The van der Waals surface area contributed by atoms with Gasteiger partial charge in [0, 0.05) is 15.7 Å². The van der Waals surface area contributed by atoms with Crippen LogP contribution in [0.15, 0.2) is 36.4 Å². The Hall–Kier alpha value is -1.71. The van der Waals surface area contributed by atoms with E-state index in [-0.39, 0.29) is 12.1 Å². The molecule has 0 saturated heterocycles. The molecule has 2 aromatic rings. The molecule has 0 spiro atoms. The number of urea groups is 1. The van der Waals surface area contributed by atoms with E-state index in [2.05, 4.69) is 16.7 Å². The third kappa shape index (κ3) is 4.39. The predicted octanol–water partition coefficient (Wildman–Crippen LogP) is 5.49. The van der Waals surface area contributed by atoms with Crippen LogP contribution in [0.2, 0.25) is 10.0 Å². The molecule has 5 heteroatoms. The highest BCUT2D eigenvalue weighted by Gasteiger charge is 2.13. The highest BCUT2D eigenvalue weighted by atomic mass is 35.5. The quantitative estimate of drug-likeness (QED) is 0.764. The molecule has 0 saturated carbocycles. The molecule has 0 aliphatic heterocycles. The molecular formula is C17H18Cl2N2O. The molecule has 0 unspecified atom stereocenters. The molecule has 0 heterocycles. The first kappa shape index (κ1) is 16.7. The molecule has 2 aromatic carbocycles. The van der Waals surface area contributed by atoms with Gasteiger partial charge >= 0.3 is 6.03 Å². The van der Waals surface area contributed by atoms with Gasteiger partial charge in [-0.05, 0) is 61.7 Å². The maximum absolute atomic E-state index is 12.1. The molecule has 116 valence electrons. The van der Waals surface area contributed by atoms with Gasteiger partial charge in [-0.25, -0.2) is 4.79 Å². The Labute approximate surface area is 140 Å². The molecule has 0 fully saturated rings. The summed E-state index contributed by atoms with van der Waals surface area (Å²) in [5.41, 5.74) is 3.79. The van der Waals surface area contributed by atoms with E-state index in [1.807, 2.05) is 39.0 Å². The zero-order valence-corrected chi connectivity index (χ0v) is 14.2. The molecule has 1 atom stereocenters. The zero-order chi connectivity index (χ0) is 16.3. The van der Waals surface area contributed by atoms with E-state index in [0.29, 0.717) is 10.0 Å². The van der Waals surface area contributed by atoms with Crippen molar-refractivity contribution in [2.75, 3.05) is 5.32 Å². The number of amides is 2. The second-order valence-corrected chi connectivity index (χ2v) is 6.21. The van der Waals surface area contributed by atoms with E-state index in [1.54, 1.807) is 12.1 Å².